The lowest BCUT2D eigenvalue weighted by Gasteiger charge is -2.24. The Morgan fingerprint density at radius 2 is 1.69 bits per heavy atom. The van der Waals surface area contributed by atoms with Gasteiger partial charge >= 0.3 is 0 Å². The monoisotopic (exact) mass is 464 g/mol. The van der Waals surface area contributed by atoms with Gasteiger partial charge in [0.1, 0.15) is 19.8 Å². The summed E-state index contributed by atoms with van der Waals surface area (Å²) >= 11 is 0. The lowest BCUT2D eigenvalue weighted by Crippen LogP contribution is -2.40. The van der Waals surface area contributed by atoms with Crippen molar-refractivity contribution in [2.24, 2.45) is 0 Å². The highest BCUT2D eigenvalue weighted by Gasteiger charge is 2.23. The van der Waals surface area contributed by atoms with Crippen LogP contribution >= 0.6 is 0 Å². The molecule has 1 N–H and O–H groups in total. The van der Waals surface area contributed by atoms with E-state index >= 15 is 0 Å². The summed E-state index contributed by atoms with van der Waals surface area (Å²) in [5, 5.41) is 2.76. The van der Waals surface area contributed by atoms with Crippen LogP contribution < -0.4 is 28.6 Å². The van der Waals surface area contributed by atoms with Crippen molar-refractivity contribution in [2.45, 2.75) is 20.4 Å². The van der Waals surface area contributed by atoms with Crippen molar-refractivity contribution >= 4 is 21.6 Å². The number of hydrogen-bond acceptors (Lipinski definition) is 7. The maximum absolute atomic E-state index is 12.6. The van der Waals surface area contributed by atoms with Crippen LogP contribution in [0.5, 0.6) is 23.0 Å². The number of anilines is 1. The van der Waals surface area contributed by atoms with Crippen LogP contribution in [0, 0.1) is 0 Å². The van der Waals surface area contributed by atoms with E-state index in [2.05, 4.69) is 5.32 Å². The van der Waals surface area contributed by atoms with Gasteiger partial charge in [-0.25, -0.2) is 8.42 Å². The van der Waals surface area contributed by atoms with E-state index in [0.717, 1.165) is 16.1 Å². The van der Waals surface area contributed by atoms with E-state index in [-0.39, 0.29) is 13.1 Å². The van der Waals surface area contributed by atoms with Crippen LogP contribution in [-0.2, 0) is 21.4 Å². The quantitative estimate of drug-likeness (QED) is 0.576. The molecule has 10 heteroatoms. The van der Waals surface area contributed by atoms with Crippen LogP contribution in [0.25, 0.3) is 0 Å². The fourth-order valence-corrected chi connectivity index (χ4v) is 4.03. The van der Waals surface area contributed by atoms with Crippen LogP contribution in [0.3, 0.4) is 0 Å². The average Bonchev–Trinajstić information content (AvgIpc) is 2.77. The minimum absolute atomic E-state index is 0.212. The molecule has 1 amide bonds. The Kier molecular flexibility index (Phi) is 7.68. The van der Waals surface area contributed by atoms with E-state index in [9.17, 15) is 13.2 Å². The smallest absolute Gasteiger partial charge is 0.241 e. The Balaban J connectivity index is 1.69. The van der Waals surface area contributed by atoms with Gasteiger partial charge in [0, 0.05) is 12.6 Å². The number of rotatable bonds is 10. The lowest BCUT2D eigenvalue weighted by molar-refractivity contribution is -0.119. The molecule has 0 atom stereocenters. The summed E-state index contributed by atoms with van der Waals surface area (Å²) in [4.78, 5) is 12.6. The number of benzene rings is 2. The van der Waals surface area contributed by atoms with Crippen molar-refractivity contribution < 1.29 is 32.2 Å². The second-order valence-electron chi connectivity index (χ2n) is 7.02. The first kappa shape index (κ1) is 23.5. The van der Waals surface area contributed by atoms with Crippen LogP contribution in [-0.4, -0.2) is 53.6 Å². The summed E-state index contributed by atoms with van der Waals surface area (Å²) < 4.78 is 47.9. The highest BCUT2D eigenvalue weighted by Crippen LogP contribution is 2.34. The zero-order valence-electron chi connectivity index (χ0n) is 18.4. The number of carbonyl (C=O) groups excluding carboxylic acids is 1. The van der Waals surface area contributed by atoms with Crippen LogP contribution in [0.15, 0.2) is 36.4 Å². The van der Waals surface area contributed by atoms with Gasteiger partial charge in [-0.05, 0) is 43.7 Å². The van der Waals surface area contributed by atoms with Gasteiger partial charge in [-0.1, -0.05) is 6.07 Å². The van der Waals surface area contributed by atoms with Gasteiger partial charge in [-0.15, -0.1) is 0 Å². The third kappa shape index (κ3) is 5.97. The number of nitrogens with one attached hydrogen (secondary N) is 1. The second-order valence-corrected chi connectivity index (χ2v) is 8.93. The first-order valence-electron chi connectivity index (χ1n) is 10.3. The van der Waals surface area contributed by atoms with E-state index in [0.29, 0.717) is 55.1 Å². The SMILES string of the molecule is CCOc1ccc(CNC(=O)CN(c2ccc3c(c2)OCCO3)S(C)(=O)=O)cc1OCC. The van der Waals surface area contributed by atoms with Gasteiger partial charge in [0.15, 0.2) is 23.0 Å². The van der Waals surface area contributed by atoms with Crippen molar-refractivity contribution in [3.05, 3.63) is 42.0 Å². The molecule has 1 aliphatic rings. The van der Waals surface area contributed by atoms with E-state index in [1.165, 1.54) is 0 Å². The molecule has 0 saturated heterocycles. The summed E-state index contributed by atoms with van der Waals surface area (Å²) in [7, 11) is -3.71. The molecule has 0 aromatic heterocycles. The lowest BCUT2D eigenvalue weighted by atomic mass is 10.2. The summed E-state index contributed by atoms with van der Waals surface area (Å²) in [6, 6.07) is 10.2. The fourth-order valence-electron chi connectivity index (χ4n) is 3.18. The molecule has 2 aromatic carbocycles. The van der Waals surface area contributed by atoms with E-state index in [1.54, 1.807) is 30.3 Å². The summed E-state index contributed by atoms with van der Waals surface area (Å²) in [6.45, 7) is 5.41. The Hall–Kier alpha value is -3.14. The second kappa shape index (κ2) is 10.4. The van der Waals surface area contributed by atoms with Gasteiger partial charge in [-0.3, -0.25) is 9.10 Å². The minimum Gasteiger partial charge on any atom is -0.490 e. The topological polar surface area (TPSA) is 103 Å². The molecule has 0 unspecified atom stereocenters. The number of nitrogens with zero attached hydrogens (tertiary/aromatic N) is 1. The summed E-state index contributed by atoms with van der Waals surface area (Å²) in [6.07, 6.45) is 1.05. The number of hydrogen-bond donors (Lipinski definition) is 1. The van der Waals surface area contributed by atoms with E-state index < -0.39 is 15.9 Å². The average molecular weight is 465 g/mol. The van der Waals surface area contributed by atoms with E-state index in [4.69, 9.17) is 18.9 Å². The Morgan fingerprint density at radius 1 is 1.00 bits per heavy atom. The fraction of sp³-hybridized carbons (Fsp3) is 0.409. The molecule has 0 spiro atoms. The zero-order chi connectivity index (χ0) is 23.1. The van der Waals surface area contributed by atoms with Crippen molar-refractivity contribution in [1.82, 2.24) is 5.32 Å². The molecular weight excluding hydrogens is 436 g/mol. The Labute approximate surface area is 188 Å². The predicted octanol–water partition coefficient (Wildman–Crippen LogP) is 2.34. The highest BCUT2D eigenvalue weighted by molar-refractivity contribution is 7.92. The van der Waals surface area contributed by atoms with Gasteiger partial charge < -0.3 is 24.3 Å². The molecule has 0 saturated carbocycles. The van der Waals surface area contributed by atoms with E-state index in [1.807, 2.05) is 19.9 Å². The largest absolute Gasteiger partial charge is 0.490 e. The number of fused-ring (bicyclic) bond motifs is 1. The summed E-state index contributed by atoms with van der Waals surface area (Å²) in [5.74, 6) is 1.76. The molecule has 32 heavy (non-hydrogen) atoms. The number of amides is 1. The Morgan fingerprint density at radius 3 is 2.38 bits per heavy atom. The molecule has 3 rings (SSSR count). The maximum atomic E-state index is 12.6. The molecule has 0 aliphatic carbocycles. The third-order valence-corrected chi connectivity index (χ3v) is 5.74. The first-order valence-corrected chi connectivity index (χ1v) is 12.2. The van der Waals surface area contributed by atoms with Crippen molar-refractivity contribution in [2.75, 3.05) is 43.5 Å². The zero-order valence-corrected chi connectivity index (χ0v) is 19.2. The van der Waals surface area contributed by atoms with Gasteiger partial charge in [-0.2, -0.15) is 0 Å². The molecule has 9 nitrogen and oxygen atoms in total. The first-order chi connectivity index (χ1) is 15.3. The molecule has 1 heterocycles. The minimum atomic E-state index is -3.71. The van der Waals surface area contributed by atoms with Crippen LogP contribution in [0.4, 0.5) is 5.69 Å². The molecule has 174 valence electrons. The van der Waals surface area contributed by atoms with Gasteiger partial charge in [0.25, 0.3) is 0 Å². The van der Waals surface area contributed by atoms with Crippen molar-refractivity contribution in [3.63, 3.8) is 0 Å². The van der Waals surface area contributed by atoms with Crippen LogP contribution in [0.1, 0.15) is 19.4 Å². The molecule has 0 bridgehead atoms. The molecule has 0 radical (unpaired) electrons. The third-order valence-electron chi connectivity index (χ3n) is 4.60. The Bertz CT molecular complexity index is 1060. The van der Waals surface area contributed by atoms with Gasteiger partial charge in [0.05, 0.1) is 25.2 Å². The standard InChI is InChI=1S/C22H28N2O7S/c1-4-28-18-8-6-16(12-20(18)29-5-2)14-23-22(25)15-24(32(3,26)27)17-7-9-19-21(13-17)31-11-10-30-19/h6-9,12-13H,4-5,10-11,14-15H2,1-3H3,(H,23,25). The molecule has 2 aromatic rings. The van der Waals surface area contributed by atoms with Crippen molar-refractivity contribution in [3.8, 4) is 23.0 Å². The highest BCUT2D eigenvalue weighted by atomic mass is 32.2. The van der Waals surface area contributed by atoms with Crippen LogP contribution in [0.2, 0.25) is 0 Å². The molecule has 0 fully saturated rings. The van der Waals surface area contributed by atoms with Gasteiger partial charge in [0.2, 0.25) is 15.9 Å². The molecular formula is C22H28N2O7S. The molecule has 1 aliphatic heterocycles. The van der Waals surface area contributed by atoms with Crippen molar-refractivity contribution in [1.29, 1.82) is 0 Å². The number of carbonyl (C=O) groups is 1. The normalized spacial score (nSPS) is 12.7. The number of ether oxygens (including phenoxy) is 4. The number of sulfonamides is 1. The predicted molar refractivity (Wildman–Crippen MR) is 120 cm³/mol. The maximum Gasteiger partial charge on any atom is 0.241 e. The summed E-state index contributed by atoms with van der Waals surface area (Å²) in [5.41, 5.74) is 1.13.